The summed E-state index contributed by atoms with van der Waals surface area (Å²) >= 11 is 2.20. The van der Waals surface area contributed by atoms with Crippen LogP contribution >= 0.6 is 23.5 Å². The van der Waals surface area contributed by atoms with Crippen molar-refractivity contribution < 1.29 is 42.4 Å². The van der Waals surface area contributed by atoms with E-state index < -0.39 is 46.9 Å². The maximum atomic E-state index is 10.6. The Morgan fingerprint density at radius 2 is 1.91 bits per heavy atom. The molecule has 0 aliphatic carbocycles. The van der Waals surface area contributed by atoms with Gasteiger partial charge in [0.15, 0.2) is 0 Å². The summed E-state index contributed by atoms with van der Waals surface area (Å²) in [7, 11) is -4.77. The van der Waals surface area contributed by atoms with Crippen molar-refractivity contribution in [2.75, 3.05) is 18.6 Å². The second kappa shape index (κ2) is 9.39. The topological polar surface area (TPSA) is 166 Å². The number of aliphatic hydroxyl groups is 4. The molecule has 23 heavy (non-hydrogen) atoms. The van der Waals surface area contributed by atoms with Crippen LogP contribution in [0.3, 0.4) is 0 Å². The third kappa shape index (κ3) is 6.72. The van der Waals surface area contributed by atoms with Gasteiger partial charge in [0, 0.05) is 6.42 Å². The van der Waals surface area contributed by atoms with Crippen molar-refractivity contribution >= 4 is 39.0 Å². The van der Waals surface area contributed by atoms with E-state index in [2.05, 4.69) is 9.44 Å². The van der Waals surface area contributed by atoms with Crippen molar-refractivity contribution in [1.82, 2.24) is 0 Å². The van der Waals surface area contributed by atoms with Crippen LogP contribution in [0.5, 0.6) is 0 Å². The van der Waals surface area contributed by atoms with Crippen LogP contribution in [0, 0.1) is 0 Å². The number of hydrogen-bond acceptors (Lipinski definition) is 11. The lowest BCUT2D eigenvalue weighted by Gasteiger charge is -2.39. The molecule has 5 atom stereocenters. The highest BCUT2D eigenvalue weighted by Gasteiger charge is 2.44. The Bertz CT molecular complexity index is 498. The van der Waals surface area contributed by atoms with Crippen molar-refractivity contribution in [1.29, 1.82) is 0 Å². The number of oxime groups is 1. The molecule has 0 aromatic rings. The van der Waals surface area contributed by atoms with Gasteiger partial charge in [-0.25, -0.2) is 4.28 Å². The summed E-state index contributed by atoms with van der Waals surface area (Å²) in [5, 5.41) is 41.8. The van der Waals surface area contributed by atoms with E-state index in [0.29, 0.717) is 5.75 Å². The number of nitrogens with zero attached hydrogens (tertiary/aromatic N) is 1. The zero-order valence-corrected chi connectivity index (χ0v) is 14.5. The van der Waals surface area contributed by atoms with Crippen LogP contribution in [-0.4, -0.2) is 86.9 Å². The minimum absolute atomic E-state index is 0.0845. The molecule has 1 fully saturated rings. The molecule has 0 spiro atoms. The first-order valence-corrected chi connectivity index (χ1v) is 10.0. The molecule has 0 unspecified atom stereocenters. The van der Waals surface area contributed by atoms with Crippen molar-refractivity contribution in [3.05, 3.63) is 0 Å². The van der Waals surface area contributed by atoms with Crippen molar-refractivity contribution in [2.24, 2.45) is 5.16 Å². The van der Waals surface area contributed by atoms with Crippen LogP contribution in [0.15, 0.2) is 5.16 Å². The Balaban J connectivity index is 2.84. The molecule has 0 bridgehead atoms. The molecule has 0 aromatic heterocycles. The van der Waals surface area contributed by atoms with Crippen LogP contribution in [0.25, 0.3) is 0 Å². The molecule has 1 saturated heterocycles. The lowest BCUT2D eigenvalue weighted by Crippen LogP contribution is -2.57. The minimum atomic E-state index is -4.77. The quantitative estimate of drug-likeness (QED) is 0.146. The fraction of sp³-hybridized carbons (Fsp3) is 0.900. The van der Waals surface area contributed by atoms with Gasteiger partial charge in [0.05, 0.1) is 6.61 Å². The van der Waals surface area contributed by atoms with Crippen LogP contribution in [0.4, 0.5) is 0 Å². The van der Waals surface area contributed by atoms with Gasteiger partial charge in [-0.3, -0.25) is 4.55 Å². The molecule has 136 valence electrons. The van der Waals surface area contributed by atoms with Crippen molar-refractivity contribution in [3.63, 3.8) is 0 Å². The second-order valence-electron chi connectivity index (χ2n) is 4.55. The van der Waals surface area contributed by atoms with Crippen LogP contribution in [0.2, 0.25) is 0 Å². The molecular weight excluding hydrogens is 374 g/mol. The minimum Gasteiger partial charge on any atom is -0.394 e. The standard InChI is InChI=1S/C10H19NO9S3/c1-21-3-2-6(11-20-23(16,17)18)22-10-9(15)8(14)7(13)5(4-12)19-10/h5,7-10,12-15H,2-4H2,1H3,(H,16,17,18)/t5-,7-,8+,9-,10+/m1/s1. The molecule has 1 aliphatic heterocycles. The lowest BCUT2D eigenvalue weighted by molar-refractivity contribution is -0.205. The normalized spacial score (nSPS) is 32.8. The lowest BCUT2D eigenvalue weighted by atomic mass is 10.0. The number of hydrogen-bond donors (Lipinski definition) is 5. The molecule has 0 aromatic carbocycles. The Kier molecular flexibility index (Phi) is 8.54. The first-order valence-electron chi connectivity index (χ1n) is 6.38. The molecule has 1 heterocycles. The van der Waals surface area contributed by atoms with Crippen LogP contribution < -0.4 is 0 Å². The van der Waals surface area contributed by atoms with Gasteiger partial charge < -0.3 is 25.2 Å². The summed E-state index contributed by atoms with van der Waals surface area (Å²) in [5.74, 6) is 0.540. The molecule has 13 heteroatoms. The maximum Gasteiger partial charge on any atom is 0.466 e. The summed E-state index contributed by atoms with van der Waals surface area (Å²) in [4.78, 5) is 0. The summed E-state index contributed by atoms with van der Waals surface area (Å²) in [6.07, 6.45) is -3.58. The number of thioether (sulfide) groups is 2. The van der Waals surface area contributed by atoms with Crippen LogP contribution in [0.1, 0.15) is 6.42 Å². The molecule has 0 amide bonds. The van der Waals surface area contributed by atoms with Crippen molar-refractivity contribution in [2.45, 2.75) is 36.3 Å². The Morgan fingerprint density at radius 3 is 2.43 bits per heavy atom. The number of rotatable bonds is 7. The van der Waals surface area contributed by atoms with Gasteiger partial charge in [0.2, 0.25) is 0 Å². The fourth-order valence-electron chi connectivity index (χ4n) is 1.70. The molecule has 5 N–H and O–H groups in total. The first-order chi connectivity index (χ1) is 10.7. The highest BCUT2D eigenvalue weighted by molar-refractivity contribution is 8.14. The van der Waals surface area contributed by atoms with E-state index in [1.54, 1.807) is 6.26 Å². The van der Waals surface area contributed by atoms with Gasteiger partial charge in [-0.1, -0.05) is 16.9 Å². The van der Waals surface area contributed by atoms with E-state index in [0.717, 1.165) is 11.8 Å². The average molecular weight is 393 g/mol. The number of aliphatic hydroxyl groups excluding tert-OH is 4. The van der Waals surface area contributed by atoms with E-state index in [1.807, 2.05) is 0 Å². The molecule has 0 radical (unpaired) electrons. The smallest absolute Gasteiger partial charge is 0.394 e. The average Bonchev–Trinajstić information content (AvgIpc) is 2.49. The Hall–Kier alpha value is -0.120. The highest BCUT2D eigenvalue weighted by atomic mass is 32.3. The van der Waals surface area contributed by atoms with E-state index in [1.165, 1.54) is 11.8 Å². The summed E-state index contributed by atoms with van der Waals surface area (Å²) in [6, 6.07) is 0. The second-order valence-corrected chi connectivity index (χ2v) is 7.71. The van der Waals surface area contributed by atoms with E-state index >= 15 is 0 Å². The van der Waals surface area contributed by atoms with Gasteiger partial charge in [-0.05, 0) is 12.0 Å². The molecule has 1 rings (SSSR count). The van der Waals surface area contributed by atoms with E-state index in [9.17, 15) is 23.7 Å². The third-order valence-electron chi connectivity index (χ3n) is 2.85. The molecular formula is C10H19NO9S3. The van der Waals surface area contributed by atoms with E-state index in [-0.39, 0.29) is 11.5 Å². The largest absolute Gasteiger partial charge is 0.466 e. The van der Waals surface area contributed by atoms with Crippen LogP contribution in [-0.2, 0) is 19.4 Å². The highest BCUT2D eigenvalue weighted by Crippen LogP contribution is 2.30. The van der Waals surface area contributed by atoms with Gasteiger partial charge in [-0.2, -0.15) is 20.2 Å². The van der Waals surface area contributed by atoms with Crippen molar-refractivity contribution in [3.8, 4) is 0 Å². The predicted octanol–water partition coefficient (Wildman–Crippen LogP) is -1.59. The first kappa shape index (κ1) is 20.9. The summed E-state index contributed by atoms with van der Waals surface area (Å²) < 4.78 is 38.9. The predicted molar refractivity (Wildman–Crippen MR) is 84.4 cm³/mol. The molecule has 0 saturated carbocycles. The van der Waals surface area contributed by atoms with Gasteiger partial charge in [0.25, 0.3) is 0 Å². The molecule has 1 aliphatic rings. The van der Waals surface area contributed by atoms with Gasteiger partial charge >= 0.3 is 10.4 Å². The molecule has 10 nitrogen and oxygen atoms in total. The third-order valence-corrected chi connectivity index (χ3v) is 4.90. The van der Waals surface area contributed by atoms with Gasteiger partial charge in [-0.15, -0.1) is 0 Å². The monoisotopic (exact) mass is 393 g/mol. The summed E-state index contributed by atoms with van der Waals surface area (Å²) in [6.45, 7) is -0.583. The zero-order valence-electron chi connectivity index (χ0n) is 12.0. The Labute approximate surface area is 141 Å². The number of ether oxygens (including phenoxy) is 1. The Morgan fingerprint density at radius 1 is 1.26 bits per heavy atom. The van der Waals surface area contributed by atoms with E-state index in [4.69, 9.17) is 14.4 Å². The fourth-order valence-corrected chi connectivity index (χ4v) is 3.53. The summed E-state index contributed by atoms with van der Waals surface area (Å²) in [5.41, 5.74) is -1.11. The van der Waals surface area contributed by atoms with Gasteiger partial charge in [0.1, 0.15) is 34.9 Å². The zero-order chi connectivity index (χ0) is 17.6. The maximum absolute atomic E-state index is 10.6. The SMILES string of the molecule is CSCCC(=NOS(=O)(=O)O)S[C@@H]1O[C@H](CO)[C@@H](O)[C@H](O)[C@H]1O.